The van der Waals surface area contributed by atoms with Crippen molar-refractivity contribution in [1.82, 2.24) is 0 Å². The van der Waals surface area contributed by atoms with Gasteiger partial charge in [0.25, 0.3) is 0 Å². The van der Waals surface area contributed by atoms with Gasteiger partial charge in [-0.25, -0.2) is 0 Å². The van der Waals surface area contributed by atoms with Gasteiger partial charge in [0.1, 0.15) is 4.49 Å². The molecule has 0 unspecified atom stereocenters. The first kappa shape index (κ1) is 13.2. The third-order valence-corrected chi connectivity index (χ3v) is 3.36. The predicted molar refractivity (Wildman–Crippen MR) is 79.1 cm³/mol. The molecule has 0 radical (unpaired) electrons. The summed E-state index contributed by atoms with van der Waals surface area (Å²) >= 11 is 11.8. The van der Waals surface area contributed by atoms with Crippen LogP contribution >= 0.6 is 23.2 Å². The van der Waals surface area contributed by atoms with Crippen LogP contribution in [0.4, 0.5) is 0 Å². The normalized spacial score (nSPS) is 11.1. The highest BCUT2D eigenvalue weighted by atomic mass is 35.5. The van der Waals surface area contributed by atoms with Gasteiger partial charge in [0, 0.05) is 5.41 Å². The second-order valence-corrected chi connectivity index (χ2v) is 5.38. The molecule has 2 aromatic carbocycles. The molecule has 0 N–H and O–H groups in total. The molecule has 2 aromatic rings. The lowest BCUT2D eigenvalue weighted by Crippen LogP contribution is -2.20. The lowest BCUT2D eigenvalue weighted by atomic mass is 9.76. The van der Waals surface area contributed by atoms with Gasteiger partial charge in [0.2, 0.25) is 0 Å². The molecule has 0 saturated carbocycles. The van der Waals surface area contributed by atoms with Gasteiger partial charge in [-0.05, 0) is 24.1 Å². The molecule has 0 atom stereocenters. The van der Waals surface area contributed by atoms with Crippen LogP contribution in [0, 0.1) is 0 Å². The van der Waals surface area contributed by atoms with E-state index in [1.54, 1.807) is 0 Å². The highest BCUT2D eigenvalue weighted by Gasteiger charge is 2.26. The Balaban J connectivity index is 2.59. The monoisotopic (exact) mass is 276 g/mol. The number of rotatable bonds is 3. The quantitative estimate of drug-likeness (QED) is 0.713. The maximum atomic E-state index is 5.89. The molecule has 0 spiro atoms. The van der Waals surface area contributed by atoms with Crippen molar-refractivity contribution >= 4 is 23.2 Å². The molecule has 2 rings (SSSR count). The maximum absolute atomic E-state index is 5.89. The van der Waals surface area contributed by atoms with Crippen molar-refractivity contribution in [2.45, 2.75) is 12.3 Å². The van der Waals surface area contributed by atoms with E-state index in [0.717, 1.165) is 11.1 Å². The van der Waals surface area contributed by atoms with E-state index in [-0.39, 0.29) is 9.91 Å². The Morgan fingerprint density at radius 1 is 0.833 bits per heavy atom. The van der Waals surface area contributed by atoms with E-state index in [9.17, 15) is 0 Å². The summed E-state index contributed by atoms with van der Waals surface area (Å²) in [5.41, 5.74) is 2.01. The van der Waals surface area contributed by atoms with E-state index in [4.69, 9.17) is 23.2 Å². The third kappa shape index (κ3) is 2.77. The van der Waals surface area contributed by atoms with Gasteiger partial charge in [-0.3, -0.25) is 0 Å². The topological polar surface area (TPSA) is 0 Å². The van der Waals surface area contributed by atoms with Crippen LogP contribution in [-0.4, -0.2) is 0 Å². The van der Waals surface area contributed by atoms with E-state index < -0.39 is 0 Å². The minimum atomic E-state index is -0.318. The van der Waals surface area contributed by atoms with Crippen molar-refractivity contribution in [2.24, 2.45) is 0 Å². The molecule has 92 valence electrons. The van der Waals surface area contributed by atoms with Gasteiger partial charge in [-0.15, -0.1) is 0 Å². The second-order valence-electron chi connectivity index (χ2n) is 4.37. The molecule has 18 heavy (non-hydrogen) atoms. The summed E-state index contributed by atoms with van der Waals surface area (Å²) < 4.78 is 0.283. The Bertz CT molecular complexity index is 486. The Labute approximate surface area is 118 Å². The van der Waals surface area contributed by atoms with Gasteiger partial charge in [0.15, 0.2) is 0 Å². The lowest BCUT2D eigenvalue weighted by Gasteiger charge is -2.27. The molecular weight excluding hydrogens is 263 g/mol. The van der Waals surface area contributed by atoms with Crippen LogP contribution < -0.4 is 0 Å². The van der Waals surface area contributed by atoms with Crippen LogP contribution in [0.1, 0.15) is 18.1 Å². The van der Waals surface area contributed by atoms with Crippen LogP contribution in [0.15, 0.2) is 71.2 Å². The number of allylic oxidation sites excluding steroid dienone is 1. The largest absolute Gasteiger partial charge is 0.104 e. The first-order valence-electron chi connectivity index (χ1n) is 5.78. The molecule has 0 nitrogen and oxygen atoms in total. The molecule has 2 heteroatoms. The predicted octanol–water partition coefficient (Wildman–Crippen LogP) is 5.31. The van der Waals surface area contributed by atoms with Gasteiger partial charge in [-0.2, -0.15) is 0 Å². The summed E-state index contributed by atoms with van der Waals surface area (Å²) in [5, 5.41) is 0. The second kappa shape index (κ2) is 5.60. The number of benzene rings is 2. The fraction of sp³-hybridized carbons (Fsp3) is 0.125. The summed E-state index contributed by atoms with van der Waals surface area (Å²) in [4.78, 5) is 0. The summed E-state index contributed by atoms with van der Waals surface area (Å²) in [6, 6.07) is 20.4. The molecule has 0 aliphatic rings. The van der Waals surface area contributed by atoms with Crippen LogP contribution in [0.25, 0.3) is 0 Å². The Hall–Kier alpha value is -1.24. The Kier molecular flexibility index (Phi) is 4.11. The first-order valence-corrected chi connectivity index (χ1v) is 6.53. The standard InChI is InChI=1S/C16H14Cl2/c1-16(12-15(17)18,13-8-4-2-5-9-13)14-10-6-3-7-11-14/h2-12H,1H3. The fourth-order valence-electron chi connectivity index (χ4n) is 2.12. The zero-order valence-corrected chi connectivity index (χ0v) is 11.6. The molecule has 0 bridgehead atoms. The molecule has 0 saturated heterocycles. The first-order chi connectivity index (χ1) is 8.63. The summed E-state index contributed by atoms with van der Waals surface area (Å²) in [6.45, 7) is 2.11. The number of hydrogen-bond donors (Lipinski definition) is 0. The lowest BCUT2D eigenvalue weighted by molar-refractivity contribution is 0.724. The van der Waals surface area contributed by atoms with Crippen LogP contribution in [0.3, 0.4) is 0 Å². The van der Waals surface area contributed by atoms with E-state index in [1.165, 1.54) is 0 Å². The van der Waals surface area contributed by atoms with Gasteiger partial charge in [0.05, 0.1) is 0 Å². The minimum Gasteiger partial charge on any atom is -0.0712 e. The molecule has 0 aromatic heterocycles. The summed E-state index contributed by atoms with van der Waals surface area (Å²) in [7, 11) is 0. The minimum absolute atomic E-state index is 0.283. The van der Waals surface area contributed by atoms with Gasteiger partial charge in [-0.1, -0.05) is 83.9 Å². The fourth-order valence-corrected chi connectivity index (χ4v) is 2.56. The van der Waals surface area contributed by atoms with Crippen LogP contribution in [-0.2, 0) is 5.41 Å². The molecule has 0 fully saturated rings. The smallest absolute Gasteiger partial charge is 0.0712 e. The van der Waals surface area contributed by atoms with Crippen molar-refractivity contribution in [1.29, 1.82) is 0 Å². The average Bonchev–Trinajstić information content (AvgIpc) is 2.40. The highest BCUT2D eigenvalue weighted by Crippen LogP contribution is 2.35. The maximum Gasteiger partial charge on any atom is 0.104 e. The van der Waals surface area contributed by atoms with Crippen molar-refractivity contribution in [2.75, 3.05) is 0 Å². The number of hydrogen-bond acceptors (Lipinski definition) is 0. The van der Waals surface area contributed by atoms with E-state index >= 15 is 0 Å². The van der Waals surface area contributed by atoms with E-state index in [1.807, 2.05) is 42.5 Å². The SMILES string of the molecule is CC(C=C(Cl)Cl)(c1ccccc1)c1ccccc1. The zero-order valence-electron chi connectivity index (χ0n) is 10.1. The molecule has 0 aliphatic carbocycles. The van der Waals surface area contributed by atoms with Crippen LogP contribution in [0.2, 0.25) is 0 Å². The van der Waals surface area contributed by atoms with Crippen molar-refractivity contribution < 1.29 is 0 Å². The summed E-state index contributed by atoms with van der Waals surface area (Å²) in [6.07, 6.45) is 1.88. The zero-order chi connectivity index (χ0) is 13.0. The van der Waals surface area contributed by atoms with Gasteiger partial charge >= 0.3 is 0 Å². The van der Waals surface area contributed by atoms with Gasteiger partial charge < -0.3 is 0 Å². The Morgan fingerprint density at radius 3 is 1.56 bits per heavy atom. The molecule has 0 amide bonds. The van der Waals surface area contributed by atoms with Crippen molar-refractivity contribution in [3.8, 4) is 0 Å². The Morgan fingerprint density at radius 2 is 1.22 bits per heavy atom. The average molecular weight is 277 g/mol. The van der Waals surface area contributed by atoms with Crippen molar-refractivity contribution in [3.05, 3.63) is 82.4 Å². The van der Waals surface area contributed by atoms with E-state index in [0.29, 0.717) is 0 Å². The number of halogens is 2. The highest BCUT2D eigenvalue weighted by molar-refractivity contribution is 6.55. The molecule has 0 heterocycles. The summed E-state index contributed by atoms with van der Waals surface area (Å²) in [5.74, 6) is 0. The van der Waals surface area contributed by atoms with E-state index in [2.05, 4.69) is 31.2 Å². The van der Waals surface area contributed by atoms with Crippen LogP contribution in [0.5, 0.6) is 0 Å². The molecule has 0 aliphatic heterocycles. The third-order valence-electron chi connectivity index (χ3n) is 3.14. The molecular formula is C16H14Cl2. The van der Waals surface area contributed by atoms with Crippen molar-refractivity contribution in [3.63, 3.8) is 0 Å².